The van der Waals surface area contributed by atoms with Crippen molar-refractivity contribution in [3.63, 3.8) is 0 Å². The summed E-state index contributed by atoms with van der Waals surface area (Å²) in [5.74, 6) is -0.310. The van der Waals surface area contributed by atoms with Crippen molar-refractivity contribution in [3.8, 4) is 0 Å². The summed E-state index contributed by atoms with van der Waals surface area (Å²) in [6, 6.07) is 7.04. The van der Waals surface area contributed by atoms with Crippen molar-refractivity contribution in [2.45, 2.75) is 52.2 Å². The van der Waals surface area contributed by atoms with Crippen LogP contribution in [0.15, 0.2) is 24.3 Å². The molecule has 0 saturated heterocycles. The van der Waals surface area contributed by atoms with Gasteiger partial charge >= 0.3 is 0 Å². The zero-order valence-electron chi connectivity index (χ0n) is 17.1. The fraction of sp³-hybridized carbons (Fsp3) is 0.600. The maximum atomic E-state index is 12.5. The number of amides is 2. The average molecular weight is 378 g/mol. The molecule has 0 aliphatic carbocycles. The van der Waals surface area contributed by atoms with Crippen molar-refractivity contribution in [3.05, 3.63) is 29.8 Å². The fourth-order valence-corrected chi connectivity index (χ4v) is 2.72. The van der Waals surface area contributed by atoms with E-state index in [2.05, 4.69) is 21.3 Å². The van der Waals surface area contributed by atoms with Gasteiger partial charge in [-0.2, -0.15) is 0 Å². The van der Waals surface area contributed by atoms with Crippen molar-refractivity contribution in [1.82, 2.24) is 21.3 Å². The Bertz CT molecular complexity index is 589. The van der Waals surface area contributed by atoms with Crippen LogP contribution in [0, 0.1) is 5.92 Å². The quantitative estimate of drug-likeness (QED) is 0.364. The smallest absolute Gasteiger partial charge is 0.242 e. The van der Waals surface area contributed by atoms with Gasteiger partial charge in [-0.25, -0.2) is 0 Å². The number of benzene rings is 1. The fourth-order valence-electron chi connectivity index (χ4n) is 2.72. The molecule has 2 amide bonds. The summed E-state index contributed by atoms with van der Waals surface area (Å²) >= 11 is 0. The number of carbonyl (C=O) groups excluding carboxylic acids is 2. The minimum absolute atomic E-state index is 0.0169. The molecular weight excluding hydrogens is 342 g/mol. The van der Waals surface area contributed by atoms with Gasteiger partial charge < -0.3 is 27.0 Å². The van der Waals surface area contributed by atoms with E-state index in [-0.39, 0.29) is 23.8 Å². The molecule has 0 fully saturated rings. The van der Waals surface area contributed by atoms with Crippen LogP contribution in [-0.4, -0.2) is 50.1 Å². The summed E-state index contributed by atoms with van der Waals surface area (Å²) < 4.78 is 0. The van der Waals surface area contributed by atoms with Crippen LogP contribution in [-0.2, 0) is 16.0 Å². The van der Waals surface area contributed by atoms with Gasteiger partial charge in [-0.15, -0.1) is 0 Å². The Morgan fingerprint density at radius 3 is 2.22 bits per heavy atom. The van der Waals surface area contributed by atoms with E-state index in [9.17, 15) is 9.59 Å². The molecule has 6 N–H and O–H groups in total. The molecule has 7 nitrogen and oxygen atoms in total. The summed E-state index contributed by atoms with van der Waals surface area (Å²) in [6.07, 6.45) is 0.825. The lowest BCUT2D eigenvalue weighted by molar-refractivity contribution is -0.130. The molecule has 0 aromatic heterocycles. The monoisotopic (exact) mass is 377 g/mol. The van der Waals surface area contributed by atoms with E-state index < -0.39 is 12.1 Å². The Morgan fingerprint density at radius 2 is 1.70 bits per heavy atom. The van der Waals surface area contributed by atoms with E-state index in [1.165, 1.54) is 5.56 Å². The Labute approximate surface area is 162 Å². The molecule has 0 aliphatic heterocycles. The zero-order valence-corrected chi connectivity index (χ0v) is 17.1. The second-order valence-corrected chi connectivity index (χ2v) is 7.19. The van der Waals surface area contributed by atoms with Crippen molar-refractivity contribution >= 4 is 17.5 Å². The Hall–Kier alpha value is -2.12. The van der Waals surface area contributed by atoms with Gasteiger partial charge in [0.25, 0.3) is 0 Å². The van der Waals surface area contributed by atoms with E-state index in [1.807, 2.05) is 52.1 Å². The summed E-state index contributed by atoms with van der Waals surface area (Å²) in [6.45, 7) is 8.67. The SMILES string of the molecule is CCNC(=O)[C@@H](NC(=O)[C@H](C)NC[C@H](Cc1ccc(N)cc1)NC)C(C)C. The minimum Gasteiger partial charge on any atom is -0.399 e. The first kappa shape index (κ1) is 22.9. The number of nitrogen functional groups attached to an aromatic ring is 1. The van der Waals surface area contributed by atoms with E-state index in [0.717, 1.165) is 12.1 Å². The predicted octanol–water partition coefficient (Wildman–Crippen LogP) is 0.654. The molecule has 0 aliphatic rings. The first-order chi connectivity index (χ1) is 12.8. The van der Waals surface area contributed by atoms with Crippen LogP contribution in [0.25, 0.3) is 0 Å². The van der Waals surface area contributed by atoms with E-state index >= 15 is 0 Å². The Balaban J connectivity index is 2.54. The molecule has 0 bridgehead atoms. The average Bonchev–Trinajstić information content (AvgIpc) is 2.63. The molecule has 0 saturated carbocycles. The molecular formula is C20H35N5O2. The number of rotatable bonds is 11. The maximum Gasteiger partial charge on any atom is 0.242 e. The third-order valence-electron chi connectivity index (χ3n) is 4.53. The van der Waals surface area contributed by atoms with Crippen LogP contribution in [0.3, 0.4) is 0 Å². The largest absolute Gasteiger partial charge is 0.399 e. The lowest BCUT2D eigenvalue weighted by atomic mass is 10.0. The molecule has 152 valence electrons. The van der Waals surface area contributed by atoms with Crippen molar-refractivity contribution in [1.29, 1.82) is 0 Å². The number of carbonyl (C=O) groups is 2. The third-order valence-corrected chi connectivity index (χ3v) is 4.53. The van der Waals surface area contributed by atoms with E-state index in [1.54, 1.807) is 6.92 Å². The van der Waals surface area contributed by atoms with E-state index in [4.69, 9.17) is 5.73 Å². The number of hydrogen-bond donors (Lipinski definition) is 5. The highest BCUT2D eigenvalue weighted by Crippen LogP contribution is 2.08. The second kappa shape index (κ2) is 11.6. The van der Waals surface area contributed by atoms with Crippen LogP contribution in [0.2, 0.25) is 0 Å². The van der Waals surface area contributed by atoms with Crippen molar-refractivity contribution in [2.75, 3.05) is 25.9 Å². The molecule has 1 rings (SSSR count). The van der Waals surface area contributed by atoms with Gasteiger partial charge in [-0.05, 0) is 50.9 Å². The molecule has 0 spiro atoms. The molecule has 3 atom stereocenters. The van der Waals surface area contributed by atoms with Crippen molar-refractivity contribution < 1.29 is 9.59 Å². The maximum absolute atomic E-state index is 12.5. The lowest BCUT2D eigenvalue weighted by Crippen LogP contribution is -2.55. The first-order valence-electron chi connectivity index (χ1n) is 9.61. The van der Waals surface area contributed by atoms with Crippen LogP contribution < -0.4 is 27.0 Å². The molecule has 27 heavy (non-hydrogen) atoms. The van der Waals surface area contributed by atoms with Gasteiger partial charge in [-0.1, -0.05) is 26.0 Å². The highest BCUT2D eigenvalue weighted by molar-refractivity contribution is 5.89. The van der Waals surface area contributed by atoms with Crippen LogP contribution in [0.4, 0.5) is 5.69 Å². The zero-order chi connectivity index (χ0) is 20.4. The number of anilines is 1. The van der Waals surface area contributed by atoms with Crippen molar-refractivity contribution in [2.24, 2.45) is 5.92 Å². The van der Waals surface area contributed by atoms with Crippen LogP contribution >= 0.6 is 0 Å². The highest BCUT2D eigenvalue weighted by Gasteiger charge is 2.25. The number of hydrogen-bond acceptors (Lipinski definition) is 5. The molecule has 7 heteroatoms. The summed E-state index contributed by atoms with van der Waals surface area (Å²) in [7, 11) is 1.90. The summed E-state index contributed by atoms with van der Waals surface area (Å²) in [5.41, 5.74) is 7.65. The topological polar surface area (TPSA) is 108 Å². The van der Waals surface area contributed by atoms with Gasteiger partial charge in [0.15, 0.2) is 0 Å². The molecule has 0 heterocycles. The van der Waals surface area contributed by atoms with E-state index in [0.29, 0.717) is 13.1 Å². The normalized spacial score (nSPS) is 14.4. The molecule has 0 radical (unpaired) electrons. The van der Waals surface area contributed by atoms with Gasteiger partial charge in [0.1, 0.15) is 6.04 Å². The summed E-state index contributed by atoms with van der Waals surface area (Å²) in [5, 5.41) is 12.1. The summed E-state index contributed by atoms with van der Waals surface area (Å²) in [4.78, 5) is 24.6. The lowest BCUT2D eigenvalue weighted by Gasteiger charge is -2.25. The van der Waals surface area contributed by atoms with Gasteiger partial charge in [0.2, 0.25) is 11.8 Å². The van der Waals surface area contributed by atoms with Gasteiger partial charge in [0.05, 0.1) is 6.04 Å². The Kier molecular flexibility index (Phi) is 9.82. The predicted molar refractivity (Wildman–Crippen MR) is 110 cm³/mol. The van der Waals surface area contributed by atoms with Crippen LogP contribution in [0.5, 0.6) is 0 Å². The highest BCUT2D eigenvalue weighted by atomic mass is 16.2. The molecule has 0 unspecified atom stereocenters. The molecule has 1 aromatic rings. The standard InChI is InChI=1S/C20H35N5O2/c1-6-23-20(27)18(13(2)3)25-19(26)14(4)24-12-17(22-5)11-15-7-9-16(21)10-8-15/h7-10,13-14,17-18,22,24H,6,11-12,21H2,1-5H3,(H,23,27)(H,25,26)/t14-,17-,18-/m0/s1. The third kappa shape index (κ3) is 7.97. The number of nitrogens with one attached hydrogen (secondary N) is 4. The number of likely N-dealkylation sites (N-methyl/N-ethyl adjacent to an activating group) is 2. The van der Waals surface area contributed by atoms with Gasteiger partial charge in [-0.3, -0.25) is 9.59 Å². The Morgan fingerprint density at radius 1 is 1.07 bits per heavy atom. The minimum atomic E-state index is -0.531. The molecule has 1 aromatic carbocycles. The number of nitrogens with two attached hydrogens (primary N) is 1. The van der Waals surface area contributed by atoms with Gasteiger partial charge in [0, 0.05) is 24.8 Å². The van der Waals surface area contributed by atoms with Crippen LogP contribution in [0.1, 0.15) is 33.3 Å². The second-order valence-electron chi connectivity index (χ2n) is 7.19. The first-order valence-corrected chi connectivity index (χ1v) is 9.61.